The first-order chi connectivity index (χ1) is 6.21. The molecule has 0 aromatic carbocycles. The van der Waals surface area contributed by atoms with E-state index in [4.69, 9.17) is 15.6 Å². The minimum absolute atomic E-state index is 0.403. The van der Waals surface area contributed by atoms with Crippen molar-refractivity contribution in [3.05, 3.63) is 0 Å². The molecular formula is C8H16F3NO2. The van der Waals surface area contributed by atoms with Crippen LogP contribution in [0.4, 0.5) is 13.2 Å². The normalized spacial score (nSPS) is 12.7. The number of alkyl halides is 3. The molecule has 0 aliphatic heterocycles. The largest absolute Gasteiger partial charge is 0.490 e. The summed E-state index contributed by atoms with van der Waals surface area (Å²) in [5, 5.41) is 7.12. The van der Waals surface area contributed by atoms with Gasteiger partial charge in [0.2, 0.25) is 0 Å². The van der Waals surface area contributed by atoms with Crippen LogP contribution in [0.3, 0.4) is 0 Å². The van der Waals surface area contributed by atoms with Crippen molar-refractivity contribution < 1.29 is 23.1 Å². The van der Waals surface area contributed by atoms with E-state index in [0.29, 0.717) is 6.04 Å². The molecule has 0 spiro atoms. The standard InChI is InChI=1S/C6H15N.C2HF3O2/c1-3-4-5-6(2)7;3-2(4,5)1(6)7/h6H,3-5,7H2,1-2H3;(H,6,7). The van der Waals surface area contributed by atoms with Gasteiger partial charge in [0, 0.05) is 6.04 Å². The Hall–Kier alpha value is -0.780. The fraction of sp³-hybridized carbons (Fsp3) is 0.875. The van der Waals surface area contributed by atoms with Gasteiger partial charge in [0.15, 0.2) is 0 Å². The number of carboxylic acid groups (broad SMARTS) is 1. The first-order valence-electron chi connectivity index (χ1n) is 4.27. The molecule has 14 heavy (non-hydrogen) atoms. The molecule has 0 bridgehead atoms. The Kier molecular flexibility index (Phi) is 8.52. The highest BCUT2D eigenvalue weighted by molar-refractivity contribution is 5.73. The van der Waals surface area contributed by atoms with Gasteiger partial charge in [0.05, 0.1) is 0 Å². The predicted molar refractivity (Wildman–Crippen MR) is 46.9 cm³/mol. The summed E-state index contributed by atoms with van der Waals surface area (Å²) < 4.78 is 31.7. The lowest BCUT2D eigenvalue weighted by Gasteiger charge is -1.99. The van der Waals surface area contributed by atoms with E-state index in [1.807, 2.05) is 0 Å². The highest BCUT2D eigenvalue weighted by Gasteiger charge is 2.38. The van der Waals surface area contributed by atoms with Gasteiger partial charge in [-0.25, -0.2) is 4.79 Å². The maximum atomic E-state index is 10.6. The summed E-state index contributed by atoms with van der Waals surface area (Å²) >= 11 is 0. The zero-order valence-corrected chi connectivity index (χ0v) is 8.27. The zero-order chi connectivity index (χ0) is 11.8. The molecule has 3 N–H and O–H groups in total. The van der Waals surface area contributed by atoms with E-state index >= 15 is 0 Å². The van der Waals surface area contributed by atoms with Gasteiger partial charge in [-0.1, -0.05) is 19.8 Å². The first kappa shape index (κ1) is 15.7. The Bertz CT molecular complexity index is 157. The van der Waals surface area contributed by atoms with Crippen molar-refractivity contribution in [3.63, 3.8) is 0 Å². The van der Waals surface area contributed by atoms with Gasteiger partial charge in [-0.15, -0.1) is 0 Å². The minimum atomic E-state index is -5.08. The van der Waals surface area contributed by atoms with E-state index in [1.54, 1.807) is 0 Å². The van der Waals surface area contributed by atoms with Crippen LogP contribution in [-0.2, 0) is 4.79 Å². The Morgan fingerprint density at radius 1 is 1.50 bits per heavy atom. The van der Waals surface area contributed by atoms with E-state index < -0.39 is 12.1 Å². The van der Waals surface area contributed by atoms with Crippen LogP contribution < -0.4 is 5.73 Å². The molecule has 0 amide bonds. The summed E-state index contributed by atoms with van der Waals surface area (Å²) in [7, 11) is 0. The van der Waals surface area contributed by atoms with Crippen LogP contribution in [0, 0.1) is 0 Å². The van der Waals surface area contributed by atoms with Crippen LogP contribution in [0.15, 0.2) is 0 Å². The quantitative estimate of drug-likeness (QED) is 0.758. The number of carboxylic acids is 1. The molecule has 0 saturated heterocycles. The van der Waals surface area contributed by atoms with Crippen molar-refractivity contribution in [2.45, 2.75) is 45.3 Å². The van der Waals surface area contributed by atoms with E-state index in [1.165, 1.54) is 19.3 Å². The topological polar surface area (TPSA) is 63.3 Å². The Labute approximate surface area is 81.1 Å². The Morgan fingerprint density at radius 3 is 1.93 bits per heavy atom. The summed E-state index contributed by atoms with van der Waals surface area (Å²) in [5.41, 5.74) is 5.48. The average Bonchev–Trinajstić information content (AvgIpc) is 2.00. The Balaban J connectivity index is 0. The molecule has 0 radical (unpaired) electrons. The number of aliphatic carboxylic acids is 1. The van der Waals surface area contributed by atoms with Crippen molar-refractivity contribution >= 4 is 5.97 Å². The second kappa shape index (κ2) is 7.61. The van der Waals surface area contributed by atoms with Crippen LogP contribution in [0.1, 0.15) is 33.1 Å². The molecule has 6 heteroatoms. The van der Waals surface area contributed by atoms with Crippen LogP contribution in [-0.4, -0.2) is 23.3 Å². The third-order valence-corrected chi connectivity index (χ3v) is 1.26. The van der Waals surface area contributed by atoms with Crippen molar-refractivity contribution in [2.75, 3.05) is 0 Å². The predicted octanol–water partition coefficient (Wildman–Crippen LogP) is 2.16. The van der Waals surface area contributed by atoms with Crippen LogP contribution in [0.25, 0.3) is 0 Å². The molecule has 0 rings (SSSR count). The molecule has 0 heterocycles. The number of unbranched alkanes of at least 4 members (excludes halogenated alkanes) is 1. The van der Waals surface area contributed by atoms with Crippen molar-refractivity contribution in [2.24, 2.45) is 5.73 Å². The molecule has 0 fully saturated rings. The van der Waals surface area contributed by atoms with Crippen molar-refractivity contribution in [3.8, 4) is 0 Å². The number of rotatable bonds is 3. The summed E-state index contributed by atoms with van der Waals surface area (Å²) in [6.07, 6.45) is -1.37. The zero-order valence-electron chi connectivity index (χ0n) is 8.27. The molecule has 0 aliphatic carbocycles. The van der Waals surface area contributed by atoms with Gasteiger partial charge in [-0.2, -0.15) is 13.2 Å². The summed E-state index contributed by atoms with van der Waals surface area (Å²) in [5.74, 6) is -2.76. The summed E-state index contributed by atoms with van der Waals surface area (Å²) in [6.45, 7) is 4.23. The molecular weight excluding hydrogens is 199 g/mol. The van der Waals surface area contributed by atoms with Crippen LogP contribution in [0.5, 0.6) is 0 Å². The lowest BCUT2D eigenvalue weighted by Crippen LogP contribution is -2.21. The Morgan fingerprint density at radius 2 is 1.86 bits per heavy atom. The molecule has 0 aromatic rings. The maximum Gasteiger partial charge on any atom is 0.490 e. The number of hydrogen-bond acceptors (Lipinski definition) is 2. The van der Waals surface area contributed by atoms with Crippen molar-refractivity contribution in [1.29, 1.82) is 0 Å². The maximum absolute atomic E-state index is 10.6. The van der Waals surface area contributed by atoms with Crippen LogP contribution in [0.2, 0.25) is 0 Å². The first-order valence-corrected chi connectivity index (χ1v) is 4.27. The molecule has 0 aromatic heterocycles. The molecule has 0 saturated carbocycles. The number of halogens is 3. The lowest BCUT2D eigenvalue weighted by molar-refractivity contribution is -0.192. The highest BCUT2D eigenvalue weighted by atomic mass is 19.4. The average molecular weight is 215 g/mol. The van der Waals surface area contributed by atoms with Gasteiger partial charge in [-0.3, -0.25) is 0 Å². The molecule has 1 atom stereocenters. The second-order valence-corrected chi connectivity index (χ2v) is 2.92. The third kappa shape index (κ3) is 13.8. The van der Waals surface area contributed by atoms with Crippen LogP contribution >= 0.6 is 0 Å². The van der Waals surface area contributed by atoms with Gasteiger partial charge in [0.25, 0.3) is 0 Å². The molecule has 3 nitrogen and oxygen atoms in total. The van der Waals surface area contributed by atoms with E-state index in [9.17, 15) is 13.2 Å². The second-order valence-electron chi connectivity index (χ2n) is 2.92. The van der Waals surface area contributed by atoms with Gasteiger partial charge < -0.3 is 10.8 Å². The SMILES string of the molecule is CCCCC(C)N.O=C(O)C(F)(F)F. The van der Waals surface area contributed by atoms with Gasteiger partial charge in [0.1, 0.15) is 0 Å². The highest BCUT2D eigenvalue weighted by Crippen LogP contribution is 2.13. The third-order valence-electron chi connectivity index (χ3n) is 1.26. The van der Waals surface area contributed by atoms with E-state index in [-0.39, 0.29) is 0 Å². The smallest absolute Gasteiger partial charge is 0.475 e. The van der Waals surface area contributed by atoms with Gasteiger partial charge >= 0.3 is 12.1 Å². The number of carbonyl (C=O) groups is 1. The molecule has 86 valence electrons. The van der Waals surface area contributed by atoms with E-state index in [0.717, 1.165) is 0 Å². The summed E-state index contributed by atoms with van der Waals surface area (Å²) in [6, 6.07) is 0.403. The fourth-order valence-corrected chi connectivity index (χ4v) is 0.526. The summed E-state index contributed by atoms with van der Waals surface area (Å²) in [4.78, 5) is 8.90. The minimum Gasteiger partial charge on any atom is -0.475 e. The van der Waals surface area contributed by atoms with E-state index in [2.05, 4.69) is 13.8 Å². The monoisotopic (exact) mass is 215 g/mol. The number of hydrogen-bond donors (Lipinski definition) is 2. The van der Waals surface area contributed by atoms with Gasteiger partial charge in [-0.05, 0) is 13.3 Å². The molecule has 0 aliphatic rings. The fourth-order valence-electron chi connectivity index (χ4n) is 0.526. The number of nitrogens with two attached hydrogens (primary N) is 1. The molecule has 1 unspecified atom stereocenters. The van der Waals surface area contributed by atoms with Crippen molar-refractivity contribution in [1.82, 2.24) is 0 Å². The lowest BCUT2D eigenvalue weighted by atomic mass is 10.2.